The van der Waals surface area contributed by atoms with E-state index in [1.54, 1.807) is 0 Å². The van der Waals surface area contributed by atoms with Gasteiger partial charge in [-0.2, -0.15) is 0 Å². The summed E-state index contributed by atoms with van der Waals surface area (Å²) in [5, 5.41) is 3.29. The lowest BCUT2D eigenvalue weighted by Crippen LogP contribution is -2.52. The predicted molar refractivity (Wildman–Crippen MR) is 135 cm³/mol. The summed E-state index contributed by atoms with van der Waals surface area (Å²) in [6, 6.07) is 7.56. The summed E-state index contributed by atoms with van der Waals surface area (Å²) in [5.74, 6) is -0.00200. The molecule has 0 bridgehead atoms. The van der Waals surface area contributed by atoms with Gasteiger partial charge in [-0.05, 0) is 76.1 Å². The Kier molecular flexibility index (Phi) is 7.19. The Labute approximate surface area is 208 Å². The van der Waals surface area contributed by atoms with Crippen LogP contribution in [0.15, 0.2) is 24.3 Å². The quantitative estimate of drug-likeness (QED) is 0.711. The summed E-state index contributed by atoms with van der Waals surface area (Å²) in [7, 11) is 0. The molecule has 0 saturated carbocycles. The molecule has 8 heteroatoms. The van der Waals surface area contributed by atoms with E-state index in [2.05, 4.69) is 22.0 Å². The van der Waals surface area contributed by atoms with E-state index in [1.165, 1.54) is 18.6 Å². The van der Waals surface area contributed by atoms with E-state index < -0.39 is 0 Å². The maximum atomic E-state index is 13.3. The van der Waals surface area contributed by atoms with Crippen LogP contribution in [0.3, 0.4) is 0 Å². The number of anilines is 1. The van der Waals surface area contributed by atoms with Gasteiger partial charge in [-0.3, -0.25) is 9.69 Å². The molecule has 4 aliphatic rings. The van der Waals surface area contributed by atoms with Gasteiger partial charge in [-0.15, -0.1) is 0 Å². The second kappa shape index (κ2) is 10.3. The van der Waals surface area contributed by atoms with Crippen LogP contribution in [0.1, 0.15) is 51.9 Å². The van der Waals surface area contributed by atoms with Crippen molar-refractivity contribution in [1.29, 1.82) is 0 Å². The van der Waals surface area contributed by atoms with Gasteiger partial charge in [-0.25, -0.2) is 9.18 Å². The smallest absolute Gasteiger partial charge is 0.319 e. The number of nitrogens with zero attached hydrogens (tertiary/aromatic N) is 4. The Balaban J connectivity index is 1.08. The molecule has 7 nitrogen and oxygen atoms in total. The van der Waals surface area contributed by atoms with E-state index in [1.807, 2.05) is 21.9 Å². The van der Waals surface area contributed by atoms with E-state index in [0.29, 0.717) is 19.1 Å². The van der Waals surface area contributed by atoms with Gasteiger partial charge in [-0.1, -0.05) is 0 Å². The van der Waals surface area contributed by atoms with Crippen LogP contribution in [-0.2, 0) is 4.79 Å². The first-order chi connectivity index (χ1) is 16.9. The fraction of sp³-hybridized carbons (Fsp3) is 0.704. The number of benzene rings is 1. The molecule has 192 valence electrons. The Morgan fingerprint density at radius 3 is 2.37 bits per heavy atom. The van der Waals surface area contributed by atoms with Crippen LogP contribution in [0.4, 0.5) is 14.9 Å². The predicted octanol–water partition coefficient (Wildman–Crippen LogP) is 3.30. The molecule has 4 heterocycles. The third-order valence-corrected chi connectivity index (χ3v) is 8.79. The maximum absolute atomic E-state index is 13.3. The average molecular weight is 486 g/mol. The van der Waals surface area contributed by atoms with Crippen LogP contribution in [0.2, 0.25) is 0 Å². The van der Waals surface area contributed by atoms with Gasteiger partial charge in [0.2, 0.25) is 5.91 Å². The fourth-order valence-electron chi connectivity index (χ4n) is 6.51. The summed E-state index contributed by atoms with van der Waals surface area (Å²) in [6.07, 6.45) is 6.84. The monoisotopic (exact) mass is 485 g/mol. The minimum atomic E-state index is -0.295. The van der Waals surface area contributed by atoms with Gasteiger partial charge in [0.15, 0.2) is 0 Å². The zero-order valence-electron chi connectivity index (χ0n) is 21.1. The molecule has 0 aliphatic carbocycles. The van der Waals surface area contributed by atoms with E-state index in [4.69, 9.17) is 0 Å². The highest BCUT2D eigenvalue weighted by Crippen LogP contribution is 2.41. The number of rotatable bonds is 4. The number of likely N-dealkylation sites (tertiary alicyclic amines) is 2. The van der Waals surface area contributed by atoms with Crippen molar-refractivity contribution in [2.75, 3.05) is 57.3 Å². The van der Waals surface area contributed by atoms with Gasteiger partial charge >= 0.3 is 6.03 Å². The van der Waals surface area contributed by atoms with Gasteiger partial charge in [0.25, 0.3) is 0 Å². The van der Waals surface area contributed by atoms with Crippen LogP contribution in [-0.4, -0.2) is 91.1 Å². The van der Waals surface area contributed by atoms with Gasteiger partial charge in [0.05, 0.1) is 5.41 Å². The van der Waals surface area contributed by atoms with Crippen LogP contribution in [0, 0.1) is 11.2 Å². The molecule has 5 rings (SSSR count). The normalized spacial score (nSPS) is 27.4. The maximum Gasteiger partial charge on any atom is 0.319 e. The van der Waals surface area contributed by atoms with E-state index >= 15 is 0 Å². The standard InChI is InChI=1S/C27H40FN5O2/c1-21-20-33(24-7-5-22(28)6-8-24)18-17-30(21)14-9-23-19-27(25(34)29-23)10-15-32(16-11-27)26(35)31-12-3-2-4-13-31/h5-8,21,23H,2-4,9-20H2,1H3,(H,29,34)/t21-,23-/m0/s1. The zero-order valence-corrected chi connectivity index (χ0v) is 21.1. The first-order valence-electron chi connectivity index (χ1n) is 13.5. The second-order valence-electron chi connectivity index (χ2n) is 11.1. The summed E-state index contributed by atoms with van der Waals surface area (Å²) < 4.78 is 13.3. The van der Waals surface area contributed by atoms with Gasteiger partial charge in [0, 0.05) is 70.1 Å². The number of piperazine rings is 1. The first kappa shape index (κ1) is 24.3. The number of hydrogen-bond acceptors (Lipinski definition) is 4. The highest BCUT2D eigenvalue weighted by atomic mass is 19.1. The molecular weight excluding hydrogens is 445 g/mol. The summed E-state index contributed by atoms with van der Waals surface area (Å²) >= 11 is 0. The number of hydrogen-bond donors (Lipinski definition) is 1. The lowest BCUT2D eigenvalue weighted by molar-refractivity contribution is -0.129. The SMILES string of the molecule is C[C@H]1CN(c2ccc(F)cc2)CCN1CC[C@H]1CC2(CCN(C(=O)N3CCCCC3)CC2)C(=O)N1. The van der Waals surface area contributed by atoms with Crippen molar-refractivity contribution in [3.8, 4) is 0 Å². The lowest BCUT2D eigenvalue weighted by atomic mass is 9.75. The van der Waals surface area contributed by atoms with Gasteiger partial charge in [0.1, 0.15) is 5.82 Å². The number of nitrogens with one attached hydrogen (secondary N) is 1. The van der Waals surface area contributed by atoms with Crippen LogP contribution in [0.5, 0.6) is 0 Å². The third-order valence-electron chi connectivity index (χ3n) is 8.79. The molecule has 2 atom stereocenters. The Hall–Kier alpha value is -2.35. The largest absolute Gasteiger partial charge is 0.369 e. The van der Waals surface area contributed by atoms with Crippen molar-refractivity contribution in [2.24, 2.45) is 5.41 Å². The number of carbonyl (C=O) groups excluding carboxylic acids is 2. The molecule has 0 aromatic heterocycles. The molecule has 4 fully saturated rings. The summed E-state index contributed by atoms with van der Waals surface area (Å²) in [5.41, 5.74) is 0.781. The number of carbonyl (C=O) groups is 2. The topological polar surface area (TPSA) is 59.1 Å². The zero-order chi connectivity index (χ0) is 24.4. The van der Waals surface area contributed by atoms with E-state index in [0.717, 1.165) is 83.5 Å². The van der Waals surface area contributed by atoms with Crippen molar-refractivity contribution in [2.45, 2.75) is 64.0 Å². The second-order valence-corrected chi connectivity index (χ2v) is 11.1. The van der Waals surface area contributed by atoms with Crippen molar-refractivity contribution in [3.63, 3.8) is 0 Å². The molecule has 0 unspecified atom stereocenters. The molecule has 1 N–H and O–H groups in total. The number of urea groups is 1. The molecule has 3 amide bonds. The number of amides is 3. The highest BCUT2D eigenvalue weighted by molar-refractivity contribution is 5.86. The minimum Gasteiger partial charge on any atom is -0.369 e. The van der Waals surface area contributed by atoms with Gasteiger partial charge < -0.3 is 20.0 Å². The number of piperidine rings is 2. The van der Waals surface area contributed by atoms with E-state index in [9.17, 15) is 14.0 Å². The lowest BCUT2D eigenvalue weighted by Gasteiger charge is -2.41. The molecule has 35 heavy (non-hydrogen) atoms. The molecule has 1 aromatic carbocycles. The minimum absolute atomic E-state index is 0.170. The fourth-order valence-corrected chi connectivity index (χ4v) is 6.51. The number of halogens is 1. The van der Waals surface area contributed by atoms with Crippen LogP contribution < -0.4 is 10.2 Å². The highest BCUT2D eigenvalue weighted by Gasteiger charge is 2.49. The molecule has 0 radical (unpaired) electrons. The average Bonchev–Trinajstić information content (AvgIpc) is 3.18. The van der Waals surface area contributed by atoms with Crippen molar-refractivity contribution in [3.05, 3.63) is 30.1 Å². The van der Waals surface area contributed by atoms with Crippen LogP contribution in [0.25, 0.3) is 0 Å². The molecule has 4 saturated heterocycles. The third kappa shape index (κ3) is 5.27. The summed E-state index contributed by atoms with van der Waals surface area (Å²) in [6.45, 7) is 9.18. The Morgan fingerprint density at radius 2 is 1.69 bits per heavy atom. The Bertz CT molecular complexity index is 895. The van der Waals surface area contributed by atoms with Crippen molar-refractivity contribution in [1.82, 2.24) is 20.0 Å². The molecule has 4 aliphatic heterocycles. The molecular formula is C27H40FN5O2. The molecule has 1 spiro atoms. The Morgan fingerprint density at radius 1 is 1.00 bits per heavy atom. The van der Waals surface area contributed by atoms with Crippen LogP contribution >= 0.6 is 0 Å². The molecule has 1 aromatic rings. The summed E-state index contributed by atoms with van der Waals surface area (Å²) in [4.78, 5) is 34.7. The first-order valence-corrected chi connectivity index (χ1v) is 13.5. The van der Waals surface area contributed by atoms with Crippen molar-refractivity contribution >= 4 is 17.6 Å². The van der Waals surface area contributed by atoms with Crippen molar-refractivity contribution < 1.29 is 14.0 Å². The van der Waals surface area contributed by atoms with E-state index in [-0.39, 0.29) is 29.2 Å².